The normalized spacial score (nSPS) is 19.2. The number of aromatic amines is 1. The first-order valence-electron chi connectivity index (χ1n) is 6.35. The lowest BCUT2D eigenvalue weighted by molar-refractivity contribution is 0.262. The molecular weight excluding hydrogens is 318 g/mol. The van der Waals surface area contributed by atoms with Crippen LogP contribution in [0.25, 0.3) is 0 Å². The van der Waals surface area contributed by atoms with Crippen LogP contribution in [0, 0.1) is 6.92 Å². The van der Waals surface area contributed by atoms with Crippen molar-refractivity contribution >= 4 is 20.2 Å². The van der Waals surface area contributed by atoms with Gasteiger partial charge in [-0.25, -0.2) is 8.42 Å². The third-order valence-electron chi connectivity index (χ3n) is 3.39. The lowest BCUT2D eigenvalue weighted by atomic mass is 10.4. The molecule has 1 saturated heterocycles. The Kier molecular flexibility index (Phi) is 4.40. The molecule has 1 aromatic rings. The summed E-state index contributed by atoms with van der Waals surface area (Å²) in [7, 11) is -4.23. The van der Waals surface area contributed by atoms with Crippen LogP contribution in [0.5, 0.6) is 0 Å². The van der Waals surface area contributed by atoms with Crippen LogP contribution in [0.4, 0.5) is 0 Å². The maximum absolute atomic E-state index is 12.4. The molecule has 120 valence electrons. The molecule has 11 heteroatoms. The third-order valence-corrected chi connectivity index (χ3v) is 7.34. The minimum absolute atomic E-state index is 0.125. The van der Waals surface area contributed by atoms with Gasteiger partial charge in [0.05, 0.1) is 11.9 Å². The zero-order valence-electron chi connectivity index (χ0n) is 12.1. The average Bonchev–Trinajstić information content (AvgIpc) is 2.85. The second kappa shape index (κ2) is 5.65. The first kappa shape index (κ1) is 16.4. The lowest BCUT2D eigenvalue weighted by Crippen LogP contribution is -2.52. The maximum atomic E-state index is 12.4. The van der Waals surface area contributed by atoms with E-state index in [0.29, 0.717) is 5.69 Å². The van der Waals surface area contributed by atoms with Crippen molar-refractivity contribution in [2.45, 2.75) is 11.8 Å². The number of nitrogens with zero attached hydrogens (tertiary/aromatic N) is 4. The molecule has 1 aromatic heterocycles. The van der Waals surface area contributed by atoms with Crippen LogP contribution in [-0.2, 0) is 20.2 Å². The standard InChI is InChI=1S/C10H19N5O4S2/c1-9-10(8-11-12-9)20(16,17)14-4-6-15(7-5-14)21(18,19)13(2)3/h8H,4-7H2,1-3H3,(H,11,12). The summed E-state index contributed by atoms with van der Waals surface area (Å²) in [6.07, 6.45) is 1.27. The van der Waals surface area contributed by atoms with E-state index < -0.39 is 20.2 Å². The van der Waals surface area contributed by atoms with Crippen LogP contribution in [0.1, 0.15) is 5.69 Å². The Morgan fingerprint density at radius 1 is 1.10 bits per heavy atom. The van der Waals surface area contributed by atoms with Gasteiger partial charge in [-0.2, -0.15) is 26.4 Å². The van der Waals surface area contributed by atoms with Crippen LogP contribution in [0.3, 0.4) is 0 Å². The van der Waals surface area contributed by atoms with Crippen molar-refractivity contribution in [3.8, 4) is 0 Å². The summed E-state index contributed by atoms with van der Waals surface area (Å²) >= 11 is 0. The van der Waals surface area contributed by atoms with Gasteiger partial charge in [0.2, 0.25) is 10.0 Å². The van der Waals surface area contributed by atoms with Crippen molar-refractivity contribution in [1.82, 2.24) is 23.1 Å². The molecular formula is C10H19N5O4S2. The third kappa shape index (κ3) is 2.97. The fourth-order valence-corrected chi connectivity index (χ4v) is 4.74. The van der Waals surface area contributed by atoms with Gasteiger partial charge in [0, 0.05) is 40.3 Å². The molecule has 0 aromatic carbocycles. The molecule has 0 bridgehead atoms. The summed E-state index contributed by atoms with van der Waals surface area (Å²) in [4.78, 5) is 0.131. The average molecular weight is 337 g/mol. The summed E-state index contributed by atoms with van der Waals surface area (Å²) in [5, 5.41) is 6.31. The van der Waals surface area contributed by atoms with Crippen molar-refractivity contribution in [3.05, 3.63) is 11.9 Å². The SMILES string of the molecule is Cc1[nH]ncc1S(=O)(=O)N1CCN(S(=O)(=O)N(C)C)CC1. The highest BCUT2D eigenvalue weighted by Gasteiger charge is 2.34. The zero-order valence-corrected chi connectivity index (χ0v) is 13.8. The van der Waals surface area contributed by atoms with Gasteiger partial charge in [-0.1, -0.05) is 0 Å². The molecule has 2 heterocycles. The molecule has 2 rings (SSSR count). The number of piperazine rings is 1. The molecule has 0 unspecified atom stereocenters. The molecule has 1 aliphatic rings. The molecule has 0 radical (unpaired) electrons. The molecule has 1 aliphatic heterocycles. The predicted octanol–water partition coefficient (Wildman–Crippen LogP) is -1.17. The van der Waals surface area contributed by atoms with E-state index in [1.54, 1.807) is 6.92 Å². The molecule has 0 amide bonds. The van der Waals surface area contributed by atoms with E-state index in [1.165, 1.54) is 28.9 Å². The van der Waals surface area contributed by atoms with E-state index >= 15 is 0 Å². The Morgan fingerprint density at radius 2 is 1.62 bits per heavy atom. The van der Waals surface area contributed by atoms with Gasteiger partial charge in [-0.15, -0.1) is 0 Å². The number of sulfonamides is 1. The lowest BCUT2D eigenvalue weighted by Gasteiger charge is -2.34. The predicted molar refractivity (Wildman–Crippen MR) is 76.3 cm³/mol. The van der Waals surface area contributed by atoms with Gasteiger partial charge in [0.1, 0.15) is 4.90 Å². The number of hydrogen-bond donors (Lipinski definition) is 1. The number of nitrogens with one attached hydrogen (secondary N) is 1. The zero-order chi connectivity index (χ0) is 15.8. The highest BCUT2D eigenvalue weighted by atomic mass is 32.2. The second-order valence-corrected chi connectivity index (χ2v) is 9.00. The van der Waals surface area contributed by atoms with Crippen LogP contribution in [0.15, 0.2) is 11.1 Å². The Morgan fingerprint density at radius 3 is 2.05 bits per heavy atom. The van der Waals surface area contributed by atoms with Crippen molar-refractivity contribution < 1.29 is 16.8 Å². The Hall–Kier alpha value is -1.01. The van der Waals surface area contributed by atoms with Crippen LogP contribution in [0.2, 0.25) is 0 Å². The van der Waals surface area contributed by atoms with Gasteiger partial charge >= 0.3 is 0 Å². The van der Waals surface area contributed by atoms with E-state index in [1.807, 2.05) is 0 Å². The molecule has 1 N–H and O–H groups in total. The fraction of sp³-hybridized carbons (Fsp3) is 0.700. The van der Waals surface area contributed by atoms with E-state index in [-0.39, 0.29) is 31.1 Å². The van der Waals surface area contributed by atoms with Gasteiger partial charge in [0.15, 0.2) is 0 Å². The number of aromatic nitrogens is 2. The summed E-state index contributed by atoms with van der Waals surface area (Å²) in [6, 6.07) is 0. The molecule has 0 aliphatic carbocycles. The quantitative estimate of drug-likeness (QED) is 0.745. The van der Waals surface area contributed by atoms with E-state index in [2.05, 4.69) is 10.2 Å². The molecule has 9 nitrogen and oxygen atoms in total. The molecule has 0 spiro atoms. The monoisotopic (exact) mass is 337 g/mol. The molecule has 0 saturated carbocycles. The first-order chi connectivity index (χ1) is 9.67. The van der Waals surface area contributed by atoms with E-state index in [0.717, 1.165) is 4.31 Å². The summed E-state index contributed by atoms with van der Waals surface area (Å²) in [6.45, 7) is 2.15. The Balaban J connectivity index is 2.14. The number of hydrogen-bond acceptors (Lipinski definition) is 5. The first-order valence-corrected chi connectivity index (χ1v) is 9.19. The van der Waals surface area contributed by atoms with Crippen molar-refractivity contribution in [1.29, 1.82) is 0 Å². The summed E-state index contributed by atoms with van der Waals surface area (Å²) in [5.41, 5.74) is 0.471. The smallest absolute Gasteiger partial charge is 0.281 e. The van der Waals surface area contributed by atoms with E-state index in [9.17, 15) is 16.8 Å². The Labute approximate surface area is 124 Å². The second-order valence-electron chi connectivity index (χ2n) is 4.95. The van der Waals surface area contributed by atoms with Crippen LogP contribution >= 0.6 is 0 Å². The minimum atomic E-state index is -3.63. The largest absolute Gasteiger partial charge is 0.281 e. The number of H-pyrrole nitrogens is 1. The fourth-order valence-electron chi connectivity index (χ4n) is 2.11. The number of aryl methyl sites for hydroxylation is 1. The van der Waals surface area contributed by atoms with Gasteiger partial charge in [0.25, 0.3) is 10.2 Å². The molecule has 1 fully saturated rings. The number of rotatable bonds is 4. The van der Waals surface area contributed by atoms with Crippen molar-refractivity contribution in [2.75, 3.05) is 40.3 Å². The van der Waals surface area contributed by atoms with Crippen LogP contribution < -0.4 is 0 Å². The minimum Gasteiger partial charge on any atom is -0.281 e. The topological polar surface area (TPSA) is 107 Å². The Bertz CT molecular complexity index is 702. The summed E-state index contributed by atoms with van der Waals surface area (Å²) < 4.78 is 52.6. The highest BCUT2D eigenvalue weighted by molar-refractivity contribution is 7.89. The molecule has 0 atom stereocenters. The maximum Gasteiger partial charge on any atom is 0.281 e. The van der Waals surface area contributed by atoms with Crippen molar-refractivity contribution in [2.24, 2.45) is 0 Å². The van der Waals surface area contributed by atoms with Crippen molar-refractivity contribution in [3.63, 3.8) is 0 Å². The highest BCUT2D eigenvalue weighted by Crippen LogP contribution is 2.20. The van der Waals surface area contributed by atoms with E-state index in [4.69, 9.17) is 0 Å². The van der Waals surface area contributed by atoms with Gasteiger partial charge in [-0.05, 0) is 6.92 Å². The van der Waals surface area contributed by atoms with Gasteiger partial charge < -0.3 is 0 Å². The van der Waals surface area contributed by atoms with Gasteiger partial charge in [-0.3, -0.25) is 5.10 Å². The van der Waals surface area contributed by atoms with Crippen LogP contribution in [-0.4, -0.2) is 80.2 Å². The summed E-state index contributed by atoms with van der Waals surface area (Å²) in [5.74, 6) is 0. The molecule has 21 heavy (non-hydrogen) atoms.